The quantitative estimate of drug-likeness (QED) is 0.433. The number of halogens is 1. The first-order valence-electron chi connectivity index (χ1n) is 6.53. The van der Waals surface area contributed by atoms with E-state index >= 15 is 0 Å². The summed E-state index contributed by atoms with van der Waals surface area (Å²) in [6.45, 7) is 5.26. The van der Waals surface area contributed by atoms with Gasteiger partial charge in [-0.15, -0.1) is 0 Å². The molecule has 0 radical (unpaired) electrons. The SMILES string of the molecule is CCCN(CCC)C(=O)c1cc([N+](=O)[O-])cnc1CBr. The Kier molecular flexibility index (Phi) is 6.57. The van der Waals surface area contributed by atoms with Gasteiger partial charge in [-0.3, -0.25) is 19.9 Å². The number of pyridine rings is 1. The maximum absolute atomic E-state index is 12.5. The van der Waals surface area contributed by atoms with Crippen molar-refractivity contribution in [2.75, 3.05) is 13.1 Å². The molecule has 1 amide bonds. The van der Waals surface area contributed by atoms with Crippen molar-refractivity contribution in [1.29, 1.82) is 0 Å². The highest BCUT2D eigenvalue weighted by Gasteiger charge is 2.21. The minimum absolute atomic E-state index is 0.161. The van der Waals surface area contributed by atoms with Crippen molar-refractivity contribution in [2.24, 2.45) is 0 Å². The fourth-order valence-electron chi connectivity index (χ4n) is 1.90. The lowest BCUT2D eigenvalue weighted by molar-refractivity contribution is -0.385. The first-order valence-corrected chi connectivity index (χ1v) is 7.65. The molecule has 0 saturated carbocycles. The van der Waals surface area contributed by atoms with Crippen LogP contribution in [-0.2, 0) is 5.33 Å². The Morgan fingerprint density at radius 3 is 2.45 bits per heavy atom. The van der Waals surface area contributed by atoms with Crippen LogP contribution in [0.2, 0.25) is 0 Å². The zero-order valence-electron chi connectivity index (χ0n) is 11.6. The second-order valence-corrected chi connectivity index (χ2v) is 4.93. The Hall–Kier alpha value is -1.50. The molecule has 0 bridgehead atoms. The van der Waals surface area contributed by atoms with Crippen LogP contribution >= 0.6 is 15.9 Å². The van der Waals surface area contributed by atoms with Crippen molar-refractivity contribution in [3.05, 3.63) is 33.6 Å². The van der Waals surface area contributed by atoms with Crippen LogP contribution in [0, 0.1) is 10.1 Å². The fraction of sp³-hybridized carbons (Fsp3) is 0.538. The molecule has 0 unspecified atom stereocenters. The molecule has 0 N–H and O–H groups in total. The van der Waals surface area contributed by atoms with Crippen molar-refractivity contribution >= 4 is 27.5 Å². The van der Waals surface area contributed by atoms with Crippen LogP contribution in [-0.4, -0.2) is 33.8 Å². The minimum Gasteiger partial charge on any atom is -0.339 e. The number of amides is 1. The van der Waals surface area contributed by atoms with E-state index in [1.165, 1.54) is 12.3 Å². The van der Waals surface area contributed by atoms with Crippen LogP contribution in [0.1, 0.15) is 42.7 Å². The number of hydrogen-bond acceptors (Lipinski definition) is 4. The molecule has 20 heavy (non-hydrogen) atoms. The summed E-state index contributed by atoms with van der Waals surface area (Å²) in [7, 11) is 0. The summed E-state index contributed by atoms with van der Waals surface area (Å²) in [4.78, 5) is 28.5. The molecule has 0 aliphatic heterocycles. The molecule has 1 rings (SSSR count). The average molecular weight is 344 g/mol. The van der Waals surface area contributed by atoms with Crippen LogP contribution in [0.15, 0.2) is 12.3 Å². The van der Waals surface area contributed by atoms with Crippen molar-refractivity contribution < 1.29 is 9.72 Å². The largest absolute Gasteiger partial charge is 0.339 e. The van der Waals surface area contributed by atoms with E-state index in [0.717, 1.165) is 12.8 Å². The lowest BCUT2D eigenvalue weighted by atomic mass is 10.1. The van der Waals surface area contributed by atoms with Gasteiger partial charge in [-0.05, 0) is 12.8 Å². The lowest BCUT2D eigenvalue weighted by Crippen LogP contribution is -2.33. The van der Waals surface area contributed by atoms with Crippen molar-refractivity contribution in [1.82, 2.24) is 9.88 Å². The Labute approximate surface area is 126 Å². The summed E-state index contributed by atoms with van der Waals surface area (Å²) >= 11 is 3.26. The van der Waals surface area contributed by atoms with Crippen LogP contribution < -0.4 is 0 Å². The highest BCUT2D eigenvalue weighted by molar-refractivity contribution is 9.08. The number of carbonyl (C=O) groups is 1. The molecule has 1 aromatic rings. The highest BCUT2D eigenvalue weighted by Crippen LogP contribution is 2.19. The predicted molar refractivity (Wildman–Crippen MR) is 80.0 cm³/mol. The summed E-state index contributed by atoms with van der Waals surface area (Å²) in [6.07, 6.45) is 2.87. The number of nitrogens with zero attached hydrogens (tertiary/aromatic N) is 3. The summed E-state index contributed by atoms with van der Waals surface area (Å²) in [5.41, 5.74) is 0.668. The highest BCUT2D eigenvalue weighted by atomic mass is 79.9. The second-order valence-electron chi connectivity index (χ2n) is 4.37. The van der Waals surface area contributed by atoms with Gasteiger partial charge >= 0.3 is 0 Å². The Balaban J connectivity index is 3.16. The third-order valence-electron chi connectivity index (χ3n) is 2.80. The van der Waals surface area contributed by atoms with Crippen molar-refractivity contribution in [3.8, 4) is 0 Å². The molecule has 0 aromatic carbocycles. The topological polar surface area (TPSA) is 76.3 Å². The van der Waals surface area contributed by atoms with Crippen LogP contribution in [0.25, 0.3) is 0 Å². The fourth-order valence-corrected chi connectivity index (χ4v) is 2.35. The van der Waals surface area contributed by atoms with Gasteiger partial charge in [-0.2, -0.15) is 0 Å². The summed E-state index contributed by atoms with van der Waals surface area (Å²) in [5, 5.41) is 11.2. The summed E-state index contributed by atoms with van der Waals surface area (Å²) < 4.78 is 0. The zero-order chi connectivity index (χ0) is 15.1. The number of rotatable bonds is 7. The van der Waals surface area contributed by atoms with E-state index in [9.17, 15) is 14.9 Å². The molecule has 0 atom stereocenters. The number of hydrogen-bond donors (Lipinski definition) is 0. The first kappa shape index (κ1) is 16.6. The monoisotopic (exact) mass is 343 g/mol. The maximum atomic E-state index is 12.5. The Bertz CT molecular complexity index is 488. The molecule has 0 aliphatic rings. The molecule has 7 heteroatoms. The molecule has 0 fully saturated rings. The standard InChI is InChI=1S/C13H18BrN3O3/c1-3-5-16(6-4-2)13(18)11-7-10(17(19)20)9-15-12(11)8-14/h7,9H,3-6,8H2,1-2H3. The normalized spacial score (nSPS) is 10.3. The van der Waals surface area contributed by atoms with E-state index in [0.29, 0.717) is 29.7 Å². The van der Waals surface area contributed by atoms with Gasteiger partial charge in [0, 0.05) is 24.5 Å². The Morgan fingerprint density at radius 2 is 2.00 bits per heavy atom. The molecule has 0 spiro atoms. The van der Waals surface area contributed by atoms with Crippen molar-refractivity contribution in [3.63, 3.8) is 0 Å². The van der Waals surface area contributed by atoms with E-state index in [1.54, 1.807) is 4.90 Å². The van der Waals surface area contributed by atoms with Gasteiger partial charge in [0.1, 0.15) is 6.20 Å². The lowest BCUT2D eigenvalue weighted by Gasteiger charge is -2.22. The van der Waals surface area contributed by atoms with Gasteiger partial charge in [0.2, 0.25) is 0 Å². The predicted octanol–water partition coefficient (Wildman–Crippen LogP) is 3.15. The minimum atomic E-state index is -0.536. The van der Waals surface area contributed by atoms with Gasteiger partial charge in [-0.25, -0.2) is 0 Å². The summed E-state index contributed by atoms with van der Waals surface area (Å²) in [6, 6.07) is 1.31. The molecule has 110 valence electrons. The van der Waals surface area contributed by atoms with Gasteiger partial charge < -0.3 is 4.90 Å². The van der Waals surface area contributed by atoms with Gasteiger partial charge in [-0.1, -0.05) is 29.8 Å². The zero-order valence-corrected chi connectivity index (χ0v) is 13.2. The van der Waals surface area contributed by atoms with Crippen LogP contribution in [0.5, 0.6) is 0 Å². The van der Waals surface area contributed by atoms with Crippen LogP contribution in [0.4, 0.5) is 5.69 Å². The van der Waals surface area contributed by atoms with E-state index < -0.39 is 4.92 Å². The molecule has 0 aliphatic carbocycles. The van der Waals surface area contributed by atoms with Gasteiger partial charge in [0.05, 0.1) is 16.2 Å². The molecule has 1 aromatic heterocycles. The molecule has 0 saturated heterocycles. The third kappa shape index (κ3) is 4.00. The molecular weight excluding hydrogens is 326 g/mol. The number of alkyl halides is 1. The van der Waals surface area contributed by atoms with E-state index in [1.807, 2.05) is 13.8 Å². The number of nitro groups is 1. The molecule has 6 nitrogen and oxygen atoms in total. The van der Waals surface area contributed by atoms with Gasteiger partial charge in [0.15, 0.2) is 0 Å². The third-order valence-corrected chi connectivity index (χ3v) is 3.33. The van der Waals surface area contributed by atoms with E-state index in [-0.39, 0.29) is 11.6 Å². The van der Waals surface area contributed by atoms with Crippen molar-refractivity contribution in [2.45, 2.75) is 32.0 Å². The summed E-state index contributed by atoms with van der Waals surface area (Å²) in [5.74, 6) is -0.195. The van der Waals surface area contributed by atoms with E-state index in [2.05, 4.69) is 20.9 Å². The second kappa shape index (κ2) is 7.94. The number of carbonyl (C=O) groups excluding carboxylic acids is 1. The average Bonchev–Trinajstić information content (AvgIpc) is 2.45. The van der Waals surface area contributed by atoms with Gasteiger partial charge in [0.25, 0.3) is 11.6 Å². The number of aromatic nitrogens is 1. The van der Waals surface area contributed by atoms with E-state index in [4.69, 9.17) is 0 Å². The maximum Gasteiger partial charge on any atom is 0.288 e. The first-order chi connectivity index (χ1) is 9.54. The van der Waals surface area contributed by atoms with Crippen LogP contribution in [0.3, 0.4) is 0 Å². The smallest absolute Gasteiger partial charge is 0.288 e. The molecule has 1 heterocycles. The Morgan fingerprint density at radius 1 is 1.40 bits per heavy atom. The molecular formula is C13H18BrN3O3.